The van der Waals surface area contributed by atoms with Gasteiger partial charge in [0.1, 0.15) is 0 Å². The lowest BCUT2D eigenvalue weighted by atomic mass is 10.1. The zero-order valence-electron chi connectivity index (χ0n) is 12.5. The molecule has 1 aliphatic carbocycles. The Labute approximate surface area is 126 Å². The summed E-state index contributed by atoms with van der Waals surface area (Å²) in [5.74, 6) is 0.927. The van der Waals surface area contributed by atoms with Crippen molar-refractivity contribution in [3.8, 4) is 0 Å². The van der Waals surface area contributed by atoms with Crippen molar-refractivity contribution in [2.75, 3.05) is 19.6 Å². The first-order valence-corrected chi connectivity index (χ1v) is 8.18. The first-order chi connectivity index (χ1) is 10.4. The number of fused-ring (bicyclic) bond motifs is 1. The molecule has 4 rings (SSSR count). The standard InChI is InChI=1S/C18H23N3/c1-4-15-6-2-9-20-18(15)16(5-1)12-21-11-3-10-19-17(13-21)14-7-8-14/h1-2,4-6,9,14,17,19H,3,7-8,10-13H2. The van der Waals surface area contributed by atoms with Gasteiger partial charge in [0, 0.05) is 30.7 Å². The molecule has 1 aromatic carbocycles. The summed E-state index contributed by atoms with van der Waals surface area (Å²) >= 11 is 0. The molecule has 0 spiro atoms. The fourth-order valence-electron chi connectivity index (χ4n) is 3.52. The lowest BCUT2D eigenvalue weighted by molar-refractivity contribution is 0.251. The number of rotatable bonds is 3. The Bertz CT molecular complexity index is 615. The molecule has 1 unspecified atom stereocenters. The van der Waals surface area contributed by atoms with Gasteiger partial charge in [-0.3, -0.25) is 9.88 Å². The fraction of sp³-hybridized carbons (Fsp3) is 0.500. The highest BCUT2D eigenvalue weighted by Crippen LogP contribution is 2.33. The van der Waals surface area contributed by atoms with Gasteiger partial charge in [0.05, 0.1) is 5.52 Å². The van der Waals surface area contributed by atoms with E-state index in [1.807, 2.05) is 12.3 Å². The van der Waals surface area contributed by atoms with Crippen molar-refractivity contribution in [1.82, 2.24) is 15.2 Å². The van der Waals surface area contributed by atoms with Crippen molar-refractivity contribution in [1.29, 1.82) is 0 Å². The monoisotopic (exact) mass is 281 g/mol. The fourth-order valence-corrected chi connectivity index (χ4v) is 3.52. The smallest absolute Gasteiger partial charge is 0.0746 e. The van der Waals surface area contributed by atoms with E-state index >= 15 is 0 Å². The summed E-state index contributed by atoms with van der Waals surface area (Å²) in [7, 11) is 0. The van der Waals surface area contributed by atoms with Crippen LogP contribution in [0.2, 0.25) is 0 Å². The maximum Gasteiger partial charge on any atom is 0.0746 e. The van der Waals surface area contributed by atoms with Crippen molar-refractivity contribution in [2.24, 2.45) is 5.92 Å². The number of pyridine rings is 1. The molecule has 21 heavy (non-hydrogen) atoms. The number of nitrogens with zero attached hydrogens (tertiary/aromatic N) is 2. The molecule has 1 atom stereocenters. The predicted molar refractivity (Wildman–Crippen MR) is 86.2 cm³/mol. The third-order valence-corrected chi connectivity index (χ3v) is 4.81. The van der Waals surface area contributed by atoms with Crippen molar-refractivity contribution in [3.05, 3.63) is 42.1 Å². The van der Waals surface area contributed by atoms with E-state index in [0.29, 0.717) is 6.04 Å². The van der Waals surface area contributed by atoms with Gasteiger partial charge in [-0.15, -0.1) is 0 Å². The van der Waals surface area contributed by atoms with Crippen molar-refractivity contribution in [3.63, 3.8) is 0 Å². The van der Waals surface area contributed by atoms with Crippen LogP contribution in [0, 0.1) is 5.92 Å². The van der Waals surface area contributed by atoms with Crippen LogP contribution in [0.4, 0.5) is 0 Å². The molecule has 1 aromatic heterocycles. The molecule has 2 aromatic rings. The number of para-hydroxylation sites is 1. The van der Waals surface area contributed by atoms with Crippen LogP contribution in [-0.2, 0) is 6.54 Å². The van der Waals surface area contributed by atoms with Gasteiger partial charge in [-0.2, -0.15) is 0 Å². The Morgan fingerprint density at radius 3 is 3.00 bits per heavy atom. The van der Waals surface area contributed by atoms with E-state index < -0.39 is 0 Å². The normalized spacial score (nSPS) is 24.1. The molecule has 1 saturated carbocycles. The highest BCUT2D eigenvalue weighted by Gasteiger charge is 2.33. The van der Waals surface area contributed by atoms with Crippen molar-refractivity contribution in [2.45, 2.75) is 31.8 Å². The molecular formula is C18H23N3. The van der Waals surface area contributed by atoms with Crippen LogP contribution in [0.25, 0.3) is 10.9 Å². The SMILES string of the molecule is c1cnc2c(CN3CCCNC(C4CC4)C3)cccc2c1. The lowest BCUT2D eigenvalue weighted by Gasteiger charge is -2.24. The van der Waals surface area contributed by atoms with Crippen LogP contribution in [0.1, 0.15) is 24.8 Å². The van der Waals surface area contributed by atoms with Crippen LogP contribution in [0.15, 0.2) is 36.5 Å². The number of benzene rings is 1. The van der Waals surface area contributed by atoms with E-state index in [0.717, 1.165) is 12.5 Å². The van der Waals surface area contributed by atoms with E-state index in [9.17, 15) is 0 Å². The van der Waals surface area contributed by atoms with E-state index in [1.165, 1.54) is 55.4 Å². The van der Waals surface area contributed by atoms with Crippen LogP contribution in [0.5, 0.6) is 0 Å². The summed E-state index contributed by atoms with van der Waals surface area (Å²) in [5.41, 5.74) is 2.53. The number of hydrogen-bond donors (Lipinski definition) is 1. The van der Waals surface area contributed by atoms with E-state index in [-0.39, 0.29) is 0 Å². The molecule has 1 aliphatic heterocycles. The third kappa shape index (κ3) is 2.94. The Balaban J connectivity index is 1.55. The first-order valence-electron chi connectivity index (χ1n) is 8.18. The van der Waals surface area contributed by atoms with E-state index in [1.54, 1.807) is 0 Å². The molecule has 1 saturated heterocycles. The van der Waals surface area contributed by atoms with E-state index in [2.05, 4.69) is 39.5 Å². The summed E-state index contributed by atoms with van der Waals surface area (Å²) in [5, 5.41) is 4.99. The van der Waals surface area contributed by atoms with Gasteiger partial charge in [-0.25, -0.2) is 0 Å². The summed E-state index contributed by atoms with van der Waals surface area (Å²) in [4.78, 5) is 7.21. The number of aromatic nitrogens is 1. The Morgan fingerprint density at radius 1 is 1.19 bits per heavy atom. The lowest BCUT2D eigenvalue weighted by Crippen LogP contribution is -2.39. The minimum Gasteiger partial charge on any atom is -0.312 e. The minimum atomic E-state index is 0.704. The highest BCUT2D eigenvalue weighted by atomic mass is 15.2. The maximum atomic E-state index is 4.59. The second-order valence-corrected chi connectivity index (χ2v) is 6.48. The second-order valence-electron chi connectivity index (χ2n) is 6.48. The minimum absolute atomic E-state index is 0.704. The summed E-state index contributed by atoms with van der Waals surface area (Å²) in [6.45, 7) is 4.58. The molecule has 2 heterocycles. The molecule has 0 bridgehead atoms. The molecule has 0 radical (unpaired) electrons. The van der Waals surface area contributed by atoms with Crippen LogP contribution in [-0.4, -0.2) is 35.6 Å². The zero-order chi connectivity index (χ0) is 14.1. The third-order valence-electron chi connectivity index (χ3n) is 4.81. The molecular weight excluding hydrogens is 258 g/mol. The molecule has 2 aliphatic rings. The predicted octanol–water partition coefficient (Wildman–Crippen LogP) is 2.81. The van der Waals surface area contributed by atoms with Gasteiger partial charge in [0.2, 0.25) is 0 Å². The van der Waals surface area contributed by atoms with Gasteiger partial charge >= 0.3 is 0 Å². The zero-order valence-corrected chi connectivity index (χ0v) is 12.5. The summed E-state index contributed by atoms with van der Waals surface area (Å²) in [6, 6.07) is 11.4. The van der Waals surface area contributed by atoms with Gasteiger partial charge in [0.25, 0.3) is 0 Å². The van der Waals surface area contributed by atoms with Crippen LogP contribution in [0.3, 0.4) is 0 Å². The molecule has 2 fully saturated rings. The van der Waals surface area contributed by atoms with Gasteiger partial charge in [-0.1, -0.05) is 24.3 Å². The average Bonchev–Trinajstić information content (AvgIpc) is 3.35. The molecule has 3 heteroatoms. The van der Waals surface area contributed by atoms with Gasteiger partial charge < -0.3 is 5.32 Å². The maximum absolute atomic E-state index is 4.59. The Morgan fingerprint density at radius 2 is 2.10 bits per heavy atom. The van der Waals surface area contributed by atoms with Crippen LogP contribution >= 0.6 is 0 Å². The number of hydrogen-bond acceptors (Lipinski definition) is 3. The molecule has 0 amide bonds. The molecule has 1 N–H and O–H groups in total. The summed E-state index contributed by atoms with van der Waals surface area (Å²) in [6.07, 6.45) is 5.99. The van der Waals surface area contributed by atoms with Crippen molar-refractivity contribution >= 4 is 10.9 Å². The Hall–Kier alpha value is -1.45. The Kier molecular flexibility index (Phi) is 3.62. The van der Waals surface area contributed by atoms with Crippen LogP contribution < -0.4 is 5.32 Å². The highest BCUT2D eigenvalue weighted by molar-refractivity contribution is 5.81. The number of nitrogens with one attached hydrogen (secondary N) is 1. The largest absolute Gasteiger partial charge is 0.312 e. The first kappa shape index (κ1) is 13.2. The second kappa shape index (κ2) is 5.74. The topological polar surface area (TPSA) is 28.2 Å². The average molecular weight is 281 g/mol. The van der Waals surface area contributed by atoms with E-state index in [4.69, 9.17) is 0 Å². The van der Waals surface area contributed by atoms with Gasteiger partial charge in [-0.05, 0) is 49.9 Å². The molecule has 3 nitrogen and oxygen atoms in total. The summed E-state index contributed by atoms with van der Waals surface area (Å²) < 4.78 is 0. The molecule has 110 valence electrons. The van der Waals surface area contributed by atoms with Crippen molar-refractivity contribution < 1.29 is 0 Å². The van der Waals surface area contributed by atoms with Gasteiger partial charge in [0.15, 0.2) is 0 Å². The quantitative estimate of drug-likeness (QED) is 0.937.